The van der Waals surface area contributed by atoms with Gasteiger partial charge in [0.15, 0.2) is 17.5 Å². The van der Waals surface area contributed by atoms with Crippen molar-refractivity contribution >= 4 is 75.9 Å². The molecule has 3 aromatic heterocycles. The molecule has 5 nitrogen and oxygen atoms in total. The van der Waals surface area contributed by atoms with E-state index in [-0.39, 0.29) is 0 Å². The molecule has 5 heteroatoms. The van der Waals surface area contributed by atoms with Crippen LogP contribution >= 0.6 is 0 Å². The summed E-state index contributed by atoms with van der Waals surface area (Å²) < 4.78 is 6.77. The van der Waals surface area contributed by atoms with Crippen molar-refractivity contribution in [3.05, 3.63) is 205 Å². The number of fused-ring (bicyclic) bond motifs is 12. The first-order chi connectivity index (χ1) is 32.0. The summed E-state index contributed by atoms with van der Waals surface area (Å²) in [5.74, 6) is 1.89. The average molecular weight is 831 g/mol. The van der Waals surface area contributed by atoms with Gasteiger partial charge in [0.25, 0.3) is 0 Å². The number of hydrogen-bond donors (Lipinski definition) is 0. The van der Waals surface area contributed by atoms with Crippen LogP contribution in [0.15, 0.2) is 199 Å². The molecule has 0 bridgehead atoms. The molecule has 0 spiro atoms. The molecule has 13 aromatic rings. The molecule has 3 heterocycles. The van der Waals surface area contributed by atoms with E-state index < -0.39 is 0 Å². The van der Waals surface area contributed by atoms with Gasteiger partial charge in [-0.25, -0.2) is 19.9 Å². The summed E-state index contributed by atoms with van der Waals surface area (Å²) in [6.07, 6.45) is 0. The number of rotatable bonds is 5. The number of furan rings is 1. The number of hydrogen-bond acceptors (Lipinski definition) is 5. The topological polar surface area (TPSA) is 64.7 Å². The van der Waals surface area contributed by atoms with Crippen molar-refractivity contribution < 1.29 is 4.42 Å². The molecule has 0 aliphatic carbocycles. The summed E-state index contributed by atoms with van der Waals surface area (Å²) in [7, 11) is 0. The lowest BCUT2D eigenvalue weighted by molar-refractivity contribution is 0.669. The van der Waals surface area contributed by atoms with Gasteiger partial charge in [0, 0.05) is 54.7 Å². The molecule has 0 fully saturated rings. The van der Waals surface area contributed by atoms with E-state index in [4.69, 9.17) is 24.4 Å². The monoisotopic (exact) mass is 830 g/mol. The second-order valence-electron chi connectivity index (χ2n) is 17.1. The second-order valence-corrected chi connectivity index (χ2v) is 17.1. The number of para-hydroxylation sites is 2. The van der Waals surface area contributed by atoms with E-state index in [1.807, 2.05) is 6.07 Å². The van der Waals surface area contributed by atoms with Crippen molar-refractivity contribution in [2.45, 2.75) is 13.8 Å². The van der Waals surface area contributed by atoms with E-state index >= 15 is 0 Å². The molecule has 0 radical (unpaired) electrons. The molecular formula is C60H38N4O. The first kappa shape index (κ1) is 37.1. The molecular weight excluding hydrogens is 793 g/mol. The Labute approximate surface area is 374 Å². The Hall–Kier alpha value is -8.54. The van der Waals surface area contributed by atoms with Crippen molar-refractivity contribution in [3.8, 4) is 56.5 Å². The van der Waals surface area contributed by atoms with E-state index in [9.17, 15) is 0 Å². The minimum Gasteiger partial charge on any atom is -0.456 e. The van der Waals surface area contributed by atoms with Gasteiger partial charge in [0.1, 0.15) is 11.2 Å². The normalized spacial score (nSPS) is 11.8. The molecule has 13 rings (SSSR count). The standard InChI is InChI=1S/C60H38N4O/c1-35-19-23-38(24-20-35)58-62-59(39-25-21-36(2)22-26-39)64-60(63-58)40-29-27-37(28-30-40)54-55-47-15-7-9-17-51(47)61-57(50(55)34-53-56(54)48-16-8-10-18-52(48)65-53)41-31-32-46-44-13-4-3-11-42(44)43-12-5-6-14-45(43)49(46)33-41/h3-34H,1-2H3. The number of benzene rings is 10. The molecule has 0 amide bonds. The molecule has 0 saturated carbocycles. The first-order valence-electron chi connectivity index (χ1n) is 22.0. The quantitative estimate of drug-likeness (QED) is 0.162. The molecule has 0 aliphatic heterocycles. The lowest BCUT2D eigenvalue weighted by Gasteiger charge is -2.17. The van der Waals surface area contributed by atoms with Gasteiger partial charge in [0.05, 0.1) is 11.2 Å². The molecule has 0 unspecified atom stereocenters. The van der Waals surface area contributed by atoms with Crippen LogP contribution in [0.4, 0.5) is 0 Å². The maximum absolute atomic E-state index is 6.77. The number of nitrogens with zero attached hydrogens (tertiary/aromatic N) is 4. The van der Waals surface area contributed by atoms with Crippen LogP contribution in [0.1, 0.15) is 11.1 Å². The largest absolute Gasteiger partial charge is 0.456 e. The highest BCUT2D eigenvalue weighted by atomic mass is 16.3. The zero-order chi connectivity index (χ0) is 43.2. The zero-order valence-corrected chi connectivity index (χ0v) is 35.7. The highest BCUT2D eigenvalue weighted by molar-refractivity contribution is 6.29. The van der Waals surface area contributed by atoms with Crippen LogP contribution in [0.3, 0.4) is 0 Å². The predicted octanol–water partition coefficient (Wildman–Crippen LogP) is 15.9. The summed E-state index contributed by atoms with van der Waals surface area (Å²) >= 11 is 0. The van der Waals surface area contributed by atoms with Crippen molar-refractivity contribution in [1.29, 1.82) is 0 Å². The molecule has 0 saturated heterocycles. The Morgan fingerprint density at radius 2 is 0.754 bits per heavy atom. The lowest BCUT2D eigenvalue weighted by Crippen LogP contribution is -2.00. The van der Waals surface area contributed by atoms with E-state index in [1.165, 1.54) is 43.4 Å². The van der Waals surface area contributed by atoms with E-state index in [1.54, 1.807) is 0 Å². The van der Waals surface area contributed by atoms with Crippen LogP contribution in [0.5, 0.6) is 0 Å². The summed E-state index contributed by atoms with van der Waals surface area (Å²) in [6.45, 7) is 4.18. The number of aryl methyl sites for hydroxylation is 2. The van der Waals surface area contributed by atoms with Crippen molar-refractivity contribution in [2.24, 2.45) is 0 Å². The Bertz CT molecular complexity index is 3960. The summed E-state index contributed by atoms with van der Waals surface area (Å²) in [4.78, 5) is 20.6. The fraction of sp³-hybridized carbons (Fsp3) is 0.0333. The summed E-state index contributed by atoms with van der Waals surface area (Å²) in [5.41, 5.74) is 11.9. The third-order valence-electron chi connectivity index (χ3n) is 13.0. The summed E-state index contributed by atoms with van der Waals surface area (Å²) in [6, 6.07) is 68.7. The van der Waals surface area contributed by atoms with Crippen LogP contribution in [0.25, 0.3) is 132 Å². The zero-order valence-electron chi connectivity index (χ0n) is 35.7. The van der Waals surface area contributed by atoms with E-state index in [2.05, 4.69) is 202 Å². The molecule has 10 aromatic carbocycles. The molecule has 0 atom stereocenters. The average Bonchev–Trinajstić information content (AvgIpc) is 3.74. The smallest absolute Gasteiger partial charge is 0.164 e. The second kappa shape index (κ2) is 14.5. The molecule has 0 N–H and O–H groups in total. The maximum atomic E-state index is 6.77. The fourth-order valence-electron chi connectivity index (χ4n) is 9.83. The van der Waals surface area contributed by atoms with Gasteiger partial charge < -0.3 is 4.42 Å². The highest BCUT2D eigenvalue weighted by Crippen LogP contribution is 2.47. The van der Waals surface area contributed by atoms with Crippen LogP contribution in [0.2, 0.25) is 0 Å². The number of pyridine rings is 1. The lowest BCUT2D eigenvalue weighted by atomic mass is 9.88. The number of aromatic nitrogens is 4. The van der Waals surface area contributed by atoms with Gasteiger partial charge in [-0.15, -0.1) is 0 Å². The Morgan fingerprint density at radius 1 is 0.308 bits per heavy atom. The van der Waals surface area contributed by atoms with E-state index in [0.29, 0.717) is 17.5 Å². The molecule has 0 aliphatic rings. The predicted molar refractivity (Wildman–Crippen MR) is 269 cm³/mol. The highest BCUT2D eigenvalue weighted by Gasteiger charge is 2.23. The van der Waals surface area contributed by atoms with E-state index in [0.717, 1.165) is 82.7 Å². The van der Waals surface area contributed by atoms with Crippen LogP contribution < -0.4 is 0 Å². The van der Waals surface area contributed by atoms with Gasteiger partial charge in [-0.2, -0.15) is 0 Å². The van der Waals surface area contributed by atoms with Crippen LogP contribution in [-0.4, -0.2) is 19.9 Å². The van der Waals surface area contributed by atoms with Crippen LogP contribution in [-0.2, 0) is 0 Å². The van der Waals surface area contributed by atoms with Crippen molar-refractivity contribution in [2.75, 3.05) is 0 Å². The molecule has 65 heavy (non-hydrogen) atoms. The van der Waals surface area contributed by atoms with Gasteiger partial charge in [-0.1, -0.05) is 181 Å². The third kappa shape index (κ3) is 6.01. The Balaban J connectivity index is 1.06. The summed E-state index contributed by atoms with van der Waals surface area (Å²) in [5, 5.41) is 12.8. The van der Waals surface area contributed by atoms with Gasteiger partial charge >= 0.3 is 0 Å². The van der Waals surface area contributed by atoms with Gasteiger partial charge in [-0.3, -0.25) is 0 Å². The first-order valence-corrected chi connectivity index (χ1v) is 22.0. The third-order valence-corrected chi connectivity index (χ3v) is 13.0. The minimum atomic E-state index is 0.614. The Morgan fingerprint density at radius 3 is 1.34 bits per heavy atom. The van der Waals surface area contributed by atoms with Crippen molar-refractivity contribution in [3.63, 3.8) is 0 Å². The minimum absolute atomic E-state index is 0.614. The van der Waals surface area contributed by atoms with Crippen LogP contribution in [0, 0.1) is 13.8 Å². The van der Waals surface area contributed by atoms with Gasteiger partial charge in [-0.05, 0) is 76.0 Å². The maximum Gasteiger partial charge on any atom is 0.164 e. The fourth-order valence-corrected chi connectivity index (χ4v) is 9.83. The Kier molecular flexibility index (Phi) is 8.27. The molecule has 304 valence electrons. The van der Waals surface area contributed by atoms with Gasteiger partial charge in [0.2, 0.25) is 0 Å². The SMILES string of the molecule is Cc1ccc(-c2nc(-c3ccc(C)cc3)nc(-c3ccc(-c4c5c(cc6c(-c7ccc8c9ccccc9c9ccccc9c8c7)nc7ccccc7c46)oc4ccccc45)cc3)n2)cc1. The van der Waals surface area contributed by atoms with Crippen molar-refractivity contribution in [1.82, 2.24) is 19.9 Å².